The Kier molecular flexibility index (Phi) is 4.57. The van der Waals surface area contributed by atoms with Crippen LogP contribution in [0.2, 0.25) is 0 Å². The van der Waals surface area contributed by atoms with Gasteiger partial charge in [0.15, 0.2) is 0 Å². The molecule has 0 spiro atoms. The smallest absolute Gasteiger partial charge is 0.321 e. The van der Waals surface area contributed by atoms with Gasteiger partial charge in [0.1, 0.15) is 11.6 Å². The maximum atomic E-state index is 13.7. The van der Waals surface area contributed by atoms with Gasteiger partial charge in [0, 0.05) is 49.3 Å². The van der Waals surface area contributed by atoms with E-state index in [1.807, 2.05) is 13.8 Å². The zero-order valence-corrected chi connectivity index (χ0v) is 14.5. The lowest BCUT2D eigenvalue weighted by atomic mass is 9.90. The number of hydrogen-bond acceptors (Lipinski definition) is 3. The molecule has 0 aliphatic carbocycles. The molecule has 132 valence electrons. The van der Waals surface area contributed by atoms with Crippen molar-refractivity contribution in [3.63, 3.8) is 0 Å². The van der Waals surface area contributed by atoms with E-state index in [0.717, 1.165) is 0 Å². The molecule has 2 amide bonds. The first kappa shape index (κ1) is 17.1. The van der Waals surface area contributed by atoms with Gasteiger partial charge in [-0.15, -0.1) is 0 Å². The Morgan fingerprint density at radius 3 is 2.56 bits per heavy atom. The van der Waals surface area contributed by atoms with Crippen molar-refractivity contribution in [1.82, 2.24) is 14.7 Å². The molecule has 7 heteroatoms. The number of likely N-dealkylation sites (tertiary alicyclic amines) is 1. The highest BCUT2D eigenvalue weighted by Gasteiger charge is 2.32. The maximum Gasteiger partial charge on any atom is 0.321 e. The number of carbonyl (C=O) groups is 2. The Bertz CT molecular complexity index is 803. The summed E-state index contributed by atoms with van der Waals surface area (Å²) in [6.45, 7) is 4.44. The first-order valence-electron chi connectivity index (χ1n) is 8.23. The number of nitrogens with zero attached hydrogens (tertiary/aromatic N) is 3. The molecule has 6 nitrogen and oxygen atoms in total. The molecule has 1 aromatic carbocycles. The van der Waals surface area contributed by atoms with Crippen LogP contribution in [0.1, 0.15) is 13.8 Å². The minimum absolute atomic E-state index is 0.180. The monoisotopic (exact) mass is 344 g/mol. The molecule has 1 aromatic heterocycles. The Hall–Kier alpha value is -2.70. The summed E-state index contributed by atoms with van der Waals surface area (Å²) in [4.78, 5) is 26.2. The van der Waals surface area contributed by atoms with Crippen LogP contribution in [0.15, 0.2) is 30.6 Å². The van der Waals surface area contributed by atoms with Crippen molar-refractivity contribution in [2.24, 2.45) is 18.9 Å². The van der Waals surface area contributed by atoms with Gasteiger partial charge >= 0.3 is 6.03 Å². The van der Waals surface area contributed by atoms with Gasteiger partial charge in [0.25, 0.3) is 0 Å². The van der Waals surface area contributed by atoms with Crippen LogP contribution >= 0.6 is 0 Å². The summed E-state index contributed by atoms with van der Waals surface area (Å²) >= 11 is 0. The molecule has 2 heterocycles. The second-order valence-corrected chi connectivity index (χ2v) is 6.63. The van der Waals surface area contributed by atoms with Crippen molar-refractivity contribution in [3.8, 4) is 11.1 Å². The number of anilines is 1. The number of hydrogen-bond donors (Lipinski definition) is 1. The number of urea groups is 1. The Labute approximate surface area is 145 Å². The molecule has 0 unspecified atom stereocenters. The number of piperidine rings is 1. The normalized spacial score (nSPS) is 20.6. The average Bonchev–Trinajstić information content (AvgIpc) is 3.00. The fourth-order valence-electron chi connectivity index (χ4n) is 3.19. The topological polar surface area (TPSA) is 67.2 Å². The van der Waals surface area contributed by atoms with Crippen molar-refractivity contribution >= 4 is 17.5 Å². The highest BCUT2D eigenvalue weighted by atomic mass is 19.1. The summed E-state index contributed by atoms with van der Waals surface area (Å²) in [5.74, 6) is -0.564. The summed E-state index contributed by atoms with van der Waals surface area (Å²) in [6.07, 6.45) is 3.38. The summed E-state index contributed by atoms with van der Waals surface area (Å²) in [5.41, 5.74) is 1.79. The largest absolute Gasteiger partial charge is 0.323 e. The fraction of sp³-hybridized carbons (Fsp3) is 0.389. The van der Waals surface area contributed by atoms with Crippen LogP contribution in [0.5, 0.6) is 0 Å². The quantitative estimate of drug-likeness (QED) is 0.911. The molecule has 2 atom stereocenters. The molecule has 25 heavy (non-hydrogen) atoms. The van der Waals surface area contributed by atoms with E-state index in [1.54, 1.807) is 29.0 Å². The SMILES string of the molecule is C[C@@H]1CN(C(=O)Nc2ccc(F)cc2-c2cnn(C)c2)C[C@@H](C)C1=O. The van der Waals surface area contributed by atoms with Gasteiger partial charge in [0.05, 0.1) is 11.9 Å². The number of nitrogens with one attached hydrogen (secondary N) is 1. The second-order valence-electron chi connectivity index (χ2n) is 6.63. The standard InChI is InChI=1S/C18H21FN4O2/c1-11-8-23(9-12(2)17(11)24)18(25)21-16-5-4-14(19)6-15(16)13-7-20-22(3)10-13/h4-7,10-12H,8-9H2,1-3H3,(H,21,25)/t11-,12-/m1/s1. The number of Topliss-reactive ketones (excluding diaryl/α,β-unsaturated/α-hetero) is 1. The number of aryl methyl sites for hydroxylation is 1. The molecule has 1 saturated heterocycles. The van der Waals surface area contributed by atoms with E-state index in [2.05, 4.69) is 10.4 Å². The number of benzene rings is 1. The maximum absolute atomic E-state index is 13.7. The van der Waals surface area contributed by atoms with Crippen molar-refractivity contribution in [2.45, 2.75) is 13.8 Å². The molecule has 0 radical (unpaired) electrons. The van der Waals surface area contributed by atoms with Crippen LogP contribution in [0, 0.1) is 17.7 Å². The molecule has 1 aliphatic heterocycles. The van der Waals surface area contributed by atoms with Crippen LogP contribution in [-0.4, -0.2) is 39.6 Å². The first-order chi connectivity index (χ1) is 11.8. The van der Waals surface area contributed by atoms with Crippen LogP contribution in [0.4, 0.5) is 14.9 Å². The molecular weight excluding hydrogens is 323 g/mol. The molecular formula is C18H21FN4O2. The van der Waals surface area contributed by atoms with Crippen molar-refractivity contribution < 1.29 is 14.0 Å². The Balaban J connectivity index is 1.83. The van der Waals surface area contributed by atoms with Crippen molar-refractivity contribution in [3.05, 3.63) is 36.4 Å². The van der Waals surface area contributed by atoms with Crippen molar-refractivity contribution in [1.29, 1.82) is 0 Å². The van der Waals surface area contributed by atoms with E-state index in [9.17, 15) is 14.0 Å². The predicted octanol–water partition coefficient (Wildman–Crippen LogP) is 2.92. The number of carbonyl (C=O) groups excluding carboxylic acids is 2. The number of amides is 2. The molecule has 3 rings (SSSR count). The molecule has 2 aromatic rings. The highest BCUT2D eigenvalue weighted by molar-refractivity contribution is 5.95. The highest BCUT2D eigenvalue weighted by Crippen LogP contribution is 2.29. The average molecular weight is 344 g/mol. The summed E-state index contributed by atoms with van der Waals surface area (Å²) in [7, 11) is 1.77. The third-order valence-electron chi connectivity index (χ3n) is 4.49. The van der Waals surface area contributed by atoms with E-state index < -0.39 is 0 Å². The molecule has 0 bridgehead atoms. The summed E-state index contributed by atoms with van der Waals surface area (Å²) in [5, 5.41) is 6.94. The van der Waals surface area contributed by atoms with Crippen molar-refractivity contribution in [2.75, 3.05) is 18.4 Å². The van der Waals surface area contributed by atoms with Gasteiger partial charge in [-0.25, -0.2) is 9.18 Å². The minimum Gasteiger partial charge on any atom is -0.323 e. The first-order valence-corrected chi connectivity index (χ1v) is 8.23. The lowest BCUT2D eigenvalue weighted by Gasteiger charge is -2.34. The Morgan fingerprint density at radius 1 is 1.28 bits per heavy atom. The number of halogens is 1. The van der Waals surface area contributed by atoms with Crippen LogP contribution in [0.25, 0.3) is 11.1 Å². The van der Waals surface area contributed by atoms with Gasteiger partial charge in [-0.05, 0) is 18.2 Å². The molecule has 0 saturated carbocycles. The van der Waals surface area contributed by atoms with Gasteiger partial charge < -0.3 is 10.2 Å². The number of ketones is 1. The van der Waals surface area contributed by atoms with Crippen LogP contribution in [0.3, 0.4) is 0 Å². The summed E-state index contributed by atoms with van der Waals surface area (Å²) in [6, 6.07) is 3.93. The van der Waals surface area contributed by atoms with Gasteiger partial charge in [-0.2, -0.15) is 5.10 Å². The molecule has 1 fully saturated rings. The van der Waals surface area contributed by atoms with Gasteiger partial charge in [-0.3, -0.25) is 9.48 Å². The van der Waals surface area contributed by atoms with E-state index in [1.165, 1.54) is 18.2 Å². The third kappa shape index (κ3) is 3.55. The Morgan fingerprint density at radius 2 is 1.96 bits per heavy atom. The van der Waals surface area contributed by atoms with Crippen LogP contribution in [-0.2, 0) is 11.8 Å². The molecule has 1 N–H and O–H groups in total. The van der Waals surface area contributed by atoms with E-state index >= 15 is 0 Å². The zero-order valence-electron chi connectivity index (χ0n) is 14.5. The van der Waals surface area contributed by atoms with Gasteiger partial charge in [0.2, 0.25) is 0 Å². The zero-order chi connectivity index (χ0) is 18.1. The minimum atomic E-state index is -0.386. The number of rotatable bonds is 2. The van der Waals surface area contributed by atoms with E-state index in [-0.39, 0.29) is 29.5 Å². The van der Waals surface area contributed by atoms with E-state index in [4.69, 9.17) is 0 Å². The second kappa shape index (κ2) is 6.66. The fourth-order valence-corrected chi connectivity index (χ4v) is 3.19. The number of aromatic nitrogens is 2. The van der Waals surface area contributed by atoms with Gasteiger partial charge in [-0.1, -0.05) is 13.8 Å². The third-order valence-corrected chi connectivity index (χ3v) is 4.49. The van der Waals surface area contributed by atoms with Crippen LogP contribution < -0.4 is 5.32 Å². The lowest BCUT2D eigenvalue weighted by molar-refractivity contribution is -0.128. The van der Waals surface area contributed by atoms with E-state index in [0.29, 0.717) is 29.9 Å². The predicted molar refractivity (Wildman–Crippen MR) is 92.5 cm³/mol. The summed E-state index contributed by atoms with van der Waals surface area (Å²) < 4.78 is 15.3. The lowest BCUT2D eigenvalue weighted by Crippen LogP contribution is -2.49. The molecule has 1 aliphatic rings.